The minimum atomic E-state index is 0.201. The van der Waals surface area contributed by atoms with Crippen molar-refractivity contribution >= 4 is 50.6 Å². The van der Waals surface area contributed by atoms with E-state index in [1.165, 1.54) is 55.4 Å². The minimum absolute atomic E-state index is 0.201. The Morgan fingerprint density at radius 2 is 1.22 bits per heavy atom. The lowest BCUT2D eigenvalue weighted by atomic mass is 9.79. The summed E-state index contributed by atoms with van der Waals surface area (Å²) in [6.07, 6.45) is 4.52. The van der Waals surface area contributed by atoms with Gasteiger partial charge in [-0.3, -0.25) is 4.99 Å². The molecule has 0 fully saturated rings. The Balaban J connectivity index is 0.000000147. The number of benzene rings is 7. The SMILES string of the molecule is CN=C(N=C(N)c1ccc2ccccc2c1)c1ccc2ccccc2c1.Cc1ccc(C2=C3C=Cc4ccccc4C3Nc3ccccc32)cc1. The quantitative estimate of drug-likeness (QED) is 0.147. The van der Waals surface area contributed by atoms with Gasteiger partial charge in [0, 0.05) is 29.4 Å². The molecule has 2 aliphatic rings. The standard InChI is InChI=1S/C24H19N.C23H19N3/c1-16-10-12-18(13-11-16)23-20-8-4-5-9-22(20)25-24-19-7-3-2-6-17(19)14-15-21(23)24;1-25-23(21-13-11-17-7-3-5-9-19(17)15-21)26-22(24)20-12-10-16-6-2-4-8-18(16)14-20/h2-15,24-25H,1H3;2-15H,1H3,(H2,24,25,26). The maximum Gasteiger partial charge on any atom is 0.156 e. The number of hydrogen-bond acceptors (Lipinski definition) is 2. The first-order chi connectivity index (χ1) is 25.1. The average Bonchev–Trinajstić information content (AvgIpc) is 3.19. The summed E-state index contributed by atoms with van der Waals surface area (Å²) in [5.41, 5.74) is 18.5. The molecule has 1 aliphatic heterocycles. The molecule has 4 nitrogen and oxygen atoms in total. The summed E-state index contributed by atoms with van der Waals surface area (Å²) in [5.74, 6) is 1.09. The van der Waals surface area contributed by atoms with E-state index in [1.807, 2.05) is 36.4 Å². The number of nitrogens with zero attached hydrogens (tertiary/aromatic N) is 2. The summed E-state index contributed by atoms with van der Waals surface area (Å²) < 4.78 is 0. The Hall–Kier alpha value is -6.52. The number of anilines is 1. The molecule has 1 atom stereocenters. The number of nitrogens with two attached hydrogens (primary N) is 1. The molecule has 246 valence electrons. The molecule has 4 heteroatoms. The van der Waals surface area contributed by atoms with E-state index in [4.69, 9.17) is 5.73 Å². The largest absolute Gasteiger partial charge is 0.383 e. The molecule has 3 N–H and O–H groups in total. The van der Waals surface area contributed by atoms with Crippen molar-refractivity contribution in [1.29, 1.82) is 0 Å². The maximum atomic E-state index is 6.28. The van der Waals surface area contributed by atoms with E-state index in [2.05, 4.69) is 156 Å². The fourth-order valence-corrected chi connectivity index (χ4v) is 7.03. The van der Waals surface area contributed by atoms with E-state index < -0.39 is 0 Å². The van der Waals surface area contributed by atoms with E-state index in [1.54, 1.807) is 7.05 Å². The van der Waals surface area contributed by atoms with E-state index in [0.717, 1.165) is 21.9 Å². The average molecular weight is 659 g/mol. The molecule has 0 saturated carbocycles. The van der Waals surface area contributed by atoms with Crippen molar-refractivity contribution in [2.75, 3.05) is 12.4 Å². The summed E-state index contributed by atoms with van der Waals surface area (Å²) in [5, 5.41) is 8.43. The van der Waals surface area contributed by atoms with Gasteiger partial charge in [0.05, 0.1) is 6.04 Å². The summed E-state index contributed by atoms with van der Waals surface area (Å²) in [7, 11) is 1.74. The number of hydrogen-bond donors (Lipinski definition) is 2. The third-order valence-electron chi connectivity index (χ3n) is 9.68. The van der Waals surface area contributed by atoms with Gasteiger partial charge in [-0.2, -0.15) is 0 Å². The number of amidine groups is 2. The van der Waals surface area contributed by atoms with Crippen LogP contribution in [0.15, 0.2) is 179 Å². The smallest absolute Gasteiger partial charge is 0.156 e. The third-order valence-corrected chi connectivity index (χ3v) is 9.68. The second kappa shape index (κ2) is 13.8. The molecule has 0 aromatic heterocycles. The molecule has 0 bridgehead atoms. The molecule has 51 heavy (non-hydrogen) atoms. The summed E-state index contributed by atoms with van der Waals surface area (Å²) in [6, 6.07) is 55.1. The second-order valence-corrected chi connectivity index (χ2v) is 12.9. The zero-order chi connectivity index (χ0) is 34.7. The van der Waals surface area contributed by atoms with Crippen LogP contribution < -0.4 is 11.1 Å². The normalized spacial score (nSPS) is 15.0. The van der Waals surface area contributed by atoms with Crippen molar-refractivity contribution in [1.82, 2.24) is 0 Å². The summed E-state index contributed by atoms with van der Waals surface area (Å²) in [6.45, 7) is 2.14. The van der Waals surface area contributed by atoms with Gasteiger partial charge in [-0.25, -0.2) is 4.99 Å². The molecule has 7 aromatic carbocycles. The first-order valence-corrected chi connectivity index (χ1v) is 17.3. The van der Waals surface area contributed by atoms with Crippen LogP contribution in [0, 0.1) is 6.92 Å². The van der Waals surface area contributed by atoms with Crippen LogP contribution in [-0.4, -0.2) is 18.7 Å². The second-order valence-electron chi connectivity index (χ2n) is 12.9. The van der Waals surface area contributed by atoms with Crippen LogP contribution >= 0.6 is 0 Å². The number of nitrogens with one attached hydrogen (secondary N) is 1. The molecular formula is C47H38N4. The van der Waals surface area contributed by atoms with Gasteiger partial charge in [0.1, 0.15) is 5.84 Å². The molecule has 1 unspecified atom stereocenters. The molecule has 1 heterocycles. The number of aryl methyl sites for hydroxylation is 1. The van der Waals surface area contributed by atoms with E-state index in [-0.39, 0.29) is 6.04 Å². The van der Waals surface area contributed by atoms with Gasteiger partial charge in [-0.15, -0.1) is 0 Å². The third kappa shape index (κ3) is 6.36. The summed E-state index contributed by atoms with van der Waals surface area (Å²) >= 11 is 0. The van der Waals surface area contributed by atoms with Crippen molar-refractivity contribution in [3.8, 4) is 0 Å². The van der Waals surface area contributed by atoms with Crippen LogP contribution in [0.3, 0.4) is 0 Å². The number of aliphatic imine (C=N–C) groups is 2. The van der Waals surface area contributed by atoms with Gasteiger partial charge < -0.3 is 11.1 Å². The van der Waals surface area contributed by atoms with Crippen molar-refractivity contribution in [2.24, 2.45) is 15.7 Å². The topological polar surface area (TPSA) is 62.8 Å². The Morgan fingerprint density at radius 1 is 0.608 bits per heavy atom. The van der Waals surface area contributed by atoms with Crippen LogP contribution in [0.25, 0.3) is 33.2 Å². The van der Waals surface area contributed by atoms with Crippen molar-refractivity contribution in [3.63, 3.8) is 0 Å². The first kappa shape index (κ1) is 31.7. The Bertz CT molecular complexity index is 2540. The van der Waals surface area contributed by atoms with E-state index in [0.29, 0.717) is 11.7 Å². The fraction of sp³-hybridized carbons (Fsp3) is 0.0638. The zero-order valence-corrected chi connectivity index (χ0v) is 28.7. The first-order valence-electron chi connectivity index (χ1n) is 17.3. The van der Waals surface area contributed by atoms with Crippen molar-refractivity contribution < 1.29 is 0 Å². The summed E-state index contributed by atoms with van der Waals surface area (Å²) in [4.78, 5) is 8.94. The van der Waals surface area contributed by atoms with E-state index in [9.17, 15) is 0 Å². The van der Waals surface area contributed by atoms with Gasteiger partial charge in [0.2, 0.25) is 0 Å². The predicted molar refractivity (Wildman–Crippen MR) is 217 cm³/mol. The molecular weight excluding hydrogens is 621 g/mol. The van der Waals surface area contributed by atoms with Gasteiger partial charge in [-0.05, 0) is 74.5 Å². The Labute approximate surface area is 299 Å². The Kier molecular flexibility index (Phi) is 8.57. The number of fused-ring (bicyclic) bond motifs is 6. The highest BCUT2D eigenvalue weighted by Gasteiger charge is 2.30. The highest BCUT2D eigenvalue weighted by atomic mass is 15.0. The molecule has 9 rings (SSSR count). The van der Waals surface area contributed by atoms with Crippen LogP contribution in [0.1, 0.15) is 45.0 Å². The fourth-order valence-electron chi connectivity index (χ4n) is 7.03. The molecule has 0 amide bonds. The van der Waals surface area contributed by atoms with Crippen LogP contribution in [0.2, 0.25) is 0 Å². The number of rotatable bonds is 3. The zero-order valence-electron chi connectivity index (χ0n) is 28.7. The monoisotopic (exact) mass is 658 g/mol. The molecule has 1 aliphatic carbocycles. The molecule has 0 radical (unpaired) electrons. The lowest BCUT2D eigenvalue weighted by molar-refractivity contribution is 0.917. The van der Waals surface area contributed by atoms with Crippen LogP contribution in [0.4, 0.5) is 5.69 Å². The molecule has 7 aromatic rings. The highest BCUT2D eigenvalue weighted by molar-refractivity contribution is 6.12. The molecule has 0 spiro atoms. The molecule has 0 saturated heterocycles. The van der Waals surface area contributed by atoms with Gasteiger partial charge in [0.25, 0.3) is 0 Å². The van der Waals surface area contributed by atoms with Gasteiger partial charge in [0.15, 0.2) is 5.84 Å². The predicted octanol–water partition coefficient (Wildman–Crippen LogP) is 10.8. The maximum absolute atomic E-state index is 6.28. The van der Waals surface area contributed by atoms with Crippen molar-refractivity contribution in [2.45, 2.75) is 13.0 Å². The minimum Gasteiger partial charge on any atom is -0.383 e. The lowest BCUT2D eigenvalue weighted by Crippen LogP contribution is -2.22. The van der Waals surface area contributed by atoms with Crippen LogP contribution in [0.5, 0.6) is 0 Å². The lowest BCUT2D eigenvalue weighted by Gasteiger charge is -2.34. The highest BCUT2D eigenvalue weighted by Crippen LogP contribution is 2.46. The van der Waals surface area contributed by atoms with Gasteiger partial charge in [-0.1, -0.05) is 157 Å². The van der Waals surface area contributed by atoms with Crippen LogP contribution in [-0.2, 0) is 0 Å². The van der Waals surface area contributed by atoms with Gasteiger partial charge >= 0.3 is 0 Å². The van der Waals surface area contributed by atoms with E-state index >= 15 is 0 Å². The Morgan fingerprint density at radius 3 is 1.94 bits per heavy atom. The number of para-hydroxylation sites is 1. The van der Waals surface area contributed by atoms with Crippen molar-refractivity contribution in [3.05, 3.63) is 208 Å².